The first-order valence-electron chi connectivity index (χ1n) is 5.94. The number of nitrogens with one attached hydrogen (secondary N) is 1. The first-order chi connectivity index (χ1) is 8.03. The second-order valence-electron chi connectivity index (χ2n) is 5.40. The number of benzene rings is 1. The van der Waals surface area contributed by atoms with Gasteiger partial charge in [0.05, 0.1) is 17.7 Å². The van der Waals surface area contributed by atoms with Crippen LogP contribution in [0.4, 0.5) is 0 Å². The summed E-state index contributed by atoms with van der Waals surface area (Å²) in [6.45, 7) is 5.01. The van der Waals surface area contributed by atoms with Gasteiger partial charge >= 0.3 is 0 Å². The number of aliphatic hydroxyl groups excluding tert-OH is 1. The molecule has 1 aromatic carbocycles. The molecule has 1 saturated carbocycles. The summed E-state index contributed by atoms with van der Waals surface area (Å²) in [7, 11) is 0. The van der Waals surface area contributed by atoms with E-state index in [1.165, 1.54) is 6.42 Å². The van der Waals surface area contributed by atoms with Gasteiger partial charge in [-0.3, -0.25) is 0 Å². The van der Waals surface area contributed by atoms with Crippen LogP contribution < -0.4 is 5.32 Å². The number of nitriles is 1. The summed E-state index contributed by atoms with van der Waals surface area (Å²) in [6.07, 6.45) is 0.673. The SMILES string of the molecule is CC1(C)CC1NCC(O)c1ccc(C#N)cc1. The standard InChI is InChI=1S/C14H18N2O/c1-14(2)7-13(14)16-9-12(17)11-5-3-10(8-15)4-6-11/h3-6,12-13,16-17H,7,9H2,1-2H3. The van der Waals surface area contributed by atoms with Crippen LogP contribution in [-0.4, -0.2) is 17.7 Å². The quantitative estimate of drug-likeness (QED) is 0.831. The van der Waals surface area contributed by atoms with Crippen LogP contribution in [-0.2, 0) is 0 Å². The Morgan fingerprint density at radius 1 is 1.47 bits per heavy atom. The molecule has 0 amide bonds. The lowest BCUT2D eigenvalue weighted by atomic mass is 10.1. The molecule has 17 heavy (non-hydrogen) atoms. The third-order valence-corrected chi connectivity index (χ3v) is 3.50. The van der Waals surface area contributed by atoms with Gasteiger partial charge in [-0.2, -0.15) is 5.26 Å². The molecule has 1 fully saturated rings. The highest BCUT2D eigenvalue weighted by molar-refractivity contribution is 5.32. The highest BCUT2D eigenvalue weighted by atomic mass is 16.3. The Labute approximate surface area is 102 Å². The molecule has 1 aliphatic rings. The molecule has 0 bridgehead atoms. The summed E-state index contributed by atoms with van der Waals surface area (Å²) in [5.74, 6) is 0. The van der Waals surface area contributed by atoms with Gasteiger partial charge in [0.25, 0.3) is 0 Å². The van der Waals surface area contributed by atoms with E-state index in [0.29, 0.717) is 23.6 Å². The van der Waals surface area contributed by atoms with Gasteiger partial charge in [0, 0.05) is 12.6 Å². The summed E-state index contributed by atoms with van der Waals surface area (Å²) in [5.41, 5.74) is 1.86. The lowest BCUT2D eigenvalue weighted by molar-refractivity contribution is 0.173. The van der Waals surface area contributed by atoms with E-state index in [1.807, 2.05) is 12.1 Å². The monoisotopic (exact) mass is 230 g/mol. The van der Waals surface area contributed by atoms with E-state index in [1.54, 1.807) is 12.1 Å². The molecule has 0 aliphatic heterocycles. The van der Waals surface area contributed by atoms with Gasteiger partial charge in [0.1, 0.15) is 0 Å². The highest BCUT2D eigenvalue weighted by Gasteiger charge is 2.45. The smallest absolute Gasteiger partial charge is 0.0991 e. The van der Waals surface area contributed by atoms with Gasteiger partial charge in [-0.25, -0.2) is 0 Å². The minimum Gasteiger partial charge on any atom is -0.387 e. The molecule has 0 radical (unpaired) electrons. The molecule has 3 heteroatoms. The fraction of sp³-hybridized carbons (Fsp3) is 0.500. The summed E-state index contributed by atoms with van der Waals surface area (Å²) in [6, 6.07) is 9.68. The van der Waals surface area contributed by atoms with Crippen LogP contribution >= 0.6 is 0 Å². The van der Waals surface area contributed by atoms with Gasteiger partial charge in [0.2, 0.25) is 0 Å². The van der Waals surface area contributed by atoms with Crippen molar-refractivity contribution in [2.75, 3.05) is 6.54 Å². The first-order valence-corrected chi connectivity index (χ1v) is 5.94. The molecule has 90 valence electrons. The molecule has 2 rings (SSSR count). The van der Waals surface area contributed by atoms with Crippen LogP contribution in [0.1, 0.15) is 37.5 Å². The van der Waals surface area contributed by atoms with Gasteiger partial charge in [-0.1, -0.05) is 26.0 Å². The fourth-order valence-electron chi connectivity index (χ4n) is 1.97. The molecule has 2 unspecified atom stereocenters. The lowest BCUT2D eigenvalue weighted by Gasteiger charge is -2.13. The maximum absolute atomic E-state index is 9.99. The normalized spacial score (nSPS) is 22.8. The largest absolute Gasteiger partial charge is 0.387 e. The minimum absolute atomic E-state index is 0.379. The van der Waals surface area contributed by atoms with Crippen molar-refractivity contribution in [1.29, 1.82) is 5.26 Å². The third-order valence-electron chi connectivity index (χ3n) is 3.50. The molecular formula is C14H18N2O. The van der Waals surface area contributed by atoms with E-state index < -0.39 is 6.10 Å². The zero-order valence-electron chi connectivity index (χ0n) is 10.3. The van der Waals surface area contributed by atoms with Crippen molar-refractivity contribution < 1.29 is 5.11 Å². The zero-order valence-corrected chi connectivity index (χ0v) is 10.3. The van der Waals surface area contributed by atoms with Crippen molar-refractivity contribution in [3.63, 3.8) is 0 Å². The van der Waals surface area contributed by atoms with E-state index in [4.69, 9.17) is 5.26 Å². The maximum Gasteiger partial charge on any atom is 0.0991 e. The van der Waals surface area contributed by atoms with Gasteiger partial charge in [-0.05, 0) is 29.5 Å². The van der Waals surface area contributed by atoms with Gasteiger partial charge < -0.3 is 10.4 Å². The second kappa shape index (κ2) is 4.48. The van der Waals surface area contributed by atoms with Gasteiger partial charge in [0.15, 0.2) is 0 Å². The second-order valence-corrected chi connectivity index (χ2v) is 5.40. The Hall–Kier alpha value is -1.37. The predicted octanol–water partition coefficient (Wildman–Crippen LogP) is 1.98. The summed E-state index contributed by atoms with van der Waals surface area (Å²) >= 11 is 0. The average molecular weight is 230 g/mol. The molecule has 2 atom stereocenters. The Balaban J connectivity index is 1.87. The van der Waals surface area contributed by atoms with E-state index in [9.17, 15) is 5.11 Å². The summed E-state index contributed by atoms with van der Waals surface area (Å²) in [4.78, 5) is 0. The minimum atomic E-state index is -0.501. The van der Waals surface area contributed by atoms with Gasteiger partial charge in [-0.15, -0.1) is 0 Å². The molecule has 0 spiro atoms. The van der Waals surface area contributed by atoms with Crippen LogP contribution in [0.15, 0.2) is 24.3 Å². The maximum atomic E-state index is 9.99. The number of hydrogen-bond donors (Lipinski definition) is 2. The van der Waals surface area contributed by atoms with E-state index in [2.05, 4.69) is 25.2 Å². The average Bonchev–Trinajstić information content (AvgIpc) is 2.94. The van der Waals surface area contributed by atoms with Crippen molar-refractivity contribution in [3.8, 4) is 6.07 Å². The number of nitrogens with zero attached hydrogens (tertiary/aromatic N) is 1. The van der Waals surface area contributed by atoms with Crippen LogP contribution in [0.5, 0.6) is 0 Å². The molecule has 0 saturated heterocycles. The molecule has 1 aromatic rings. The van der Waals surface area contributed by atoms with E-state index >= 15 is 0 Å². The topological polar surface area (TPSA) is 56.0 Å². The van der Waals surface area contributed by atoms with E-state index in [-0.39, 0.29) is 0 Å². The van der Waals surface area contributed by atoms with Crippen LogP contribution in [0.3, 0.4) is 0 Å². The van der Waals surface area contributed by atoms with Crippen molar-refractivity contribution in [1.82, 2.24) is 5.32 Å². The molecule has 0 heterocycles. The molecule has 3 nitrogen and oxygen atoms in total. The fourth-order valence-corrected chi connectivity index (χ4v) is 1.97. The molecular weight excluding hydrogens is 212 g/mol. The number of rotatable bonds is 4. The Bertz CT molecular complexity index is 431. The highest BCUT2D eigenvalue weighted by Crippen LogP contribution is 2.44. The Morgan fingerprint density at radius 3 is 2.53 bits per heavy atom. The summed E-state index contributed by atoms with van der Waals surface area (Å²) < 4.78 is 0. The molecule has 2 N–H and O–H groups in total. The van der Waals surface area contributed by atoms with Crippen LogP contribution in [0, 0.1) is 16.7 Å². The third kappa shape index (κ3) is 2.85. The van der Waals surface area contributed by atoms with E-state index in [0.717, 1.165) is 5.56 Å². The van der Waals surface area contributed by atoms with Crippen molar-refractivity contribution in [2.24, 2.45) is 5.41 Å². The Morgan fingerprint density at radius 2 is 2.06 bits per heavy atom. The van der Waals surface area contributed by atoms with Crippen LogP contribution in [0.25, 0.3) is 0 Å². The molecule has 0 aromatic heterocycles. The van der Waals surface area contributed by atoms with Crippen molar-refractivity contribution in [3.05, 3.63) is 35.4 Å². The van der Waals surface area contributed by atoms with Crippen molar-refractivity contribution in [2.45, 2.75) is 32.4 Å². The zero-order chi connectivity index (χ0) is 12.5. The van der Waals surface area contributed by atoms with Crippen LogP contribution in [0.2, 0.25) is 0 Å². The van der Waals surface area contributed by atoms with Crippen molar-refractivity contribution >= 4 is 0 Å². The summed E-state index contributed by atoms with van der Waals surface area (Å²) in [5, 5.41) is 22.0. The number of aliphatic hydroxyl groups is 1. The Kier molecular flexibility index (Phi) is 3.19. The number of hydrogen-bond acceptors (Lipinski definition) is 3. The first kappa shape index (κ1) is 12.1. The molecule has 1 aliphatic carbocycles. The predicted molar refractivity (Wildman–Crippen MR) is 66.3 cm³/mol. The lowest BCUT2D eigenvalue weighted by Crippen LogP contribution is -2.26.